The van der Waals surface area contributed by atoms with E-state index in [1.54, 1.807) is 5.57 Å². The lowest BCUT2D eigenvalue weighted by Crippen LogP contribution is -2.16. The molecule has 1 aliphatic heterocycles. The van der Waals surface area contributed by atoms with Crippen molar-refractivity contribution in [3.05, 3.63) is 11.8 Å². The van der Waals surface area contributed by atoms with E-state index in [9.17, 15) is 0 Å². The highest BCUT2D eigenvalue weighted by Gasteiger charge is 2.50. The smallest absolute Gasteiger partial charge is 0.0239 e. The van der Waals surface area contributed by atoms with Crippen LogP contribution in [0.5, 0.6) is 0 Å². The molecule has 0 bridgehead atoms. The first-order valence-corrected chi connectivity index (χ1v) is 4.16. The summed E-state index contributed by atoms with van der Waals surface area (Å²) in [5, 5.41) is 3.31. The van der Waals surface area contributed by atoms with Crippen molar-refractivity contribution in [1.82, 2.24) is 5.32 Å². The van der Waals surface area contributed by atoms with Crippen LogP contribution in [0.15, 0.2) is 11.8 Å². The largest absolute Gasteiger partial charge is 0.390 e. The predicted molar refractivity (Wildman–Crippen MR) is 42.6 cm³/mol. The SMILES string of the molecule is CC(C)CC12CNC=C1C2. The molecule has 2 rings (SSSR count). The number of hydrogen-bond acceptors (Lipinski definition) is 1. The second kappa shape index (κ2) is 1.77. The van der Waals surface area contributed by atoms with Crippen LogP contribution in [0.1, 0.15) is 26.7 Å². The Balaban J connectivity index is 2.01. The van der Waals surface area contributed by atoms with E-state index in [2.05, 4.69) is 25.4 Å². The van der Waals surface area contributed by atoms with E-state index in [-0.39, 0.29) is 0 Å². The summed E-state index contributed by atoms with van der Waals surface area (Å²) in [6, 6.07) is 0. The van der Waals surface area contributed by atoms with Gasteiger partial charge in [-0.05, 0) is 30.5 Å². The van der Waals surface area contributed by atoms with Gasteiger partial charge in [-0.3, -0.25) is 0 Å². The molecule has 0 saturated heterocycles. The van der Waals surface area contributed by atoms with Crippen molar-refractivity contribution < 1.29 is 0 Å². The van der Waals surface area contributed by atoms with Crippen molar-refractivity contribution >= 4 is 0 Å². The lowest BCUT2D eigenvalue weighted by atomic mass is 9.94. The Hall–Kier alpha value is -0.460. The Morgan fingerprint density at radius 1 is 1.70 bits per heavy atom. The molecule has 0 spiro atoms. The zero-order valence-electron chi connectivity index (χ0n) is 6.78. The van der Waals surface area contributed by atoms with E-state index in [4.69, 9.17) is 0 Å². The van der Waals surface area contributed by atoms with Gasteiger partial charge in [0.05, 0.1) is 0 Å². The molecule has 0 radical (unpaired) electrons. The van der Waals surface area contributed by atoms with E-state index in [1.807, 2.05) is 0 Å². The highest BCUT2D eigenvalue weighted by Crippen LogP contribution is 2.57. The average molecular weight is 137 g/mol. The molecule has 1 aliphatic carbocycles. The van der Waals surface area contributed by atoms with Gasteiger partial charge < -0.3 is 5.32 Å². The summed E-state index contributed by atoms with van der Waals surface area (Å²) in [5.74, 6) is 0.853. The van der Waals surface area contributed by atoms with E-state index < -0.39 is 0 Å². The van der Waals surface area contributed by atoms with E-state index in [0.717, 1.165) is 5.92 Å². The zero-order chi connectivity index (χ0) is 7.19. The van der Waals surface area contributed by atoms with Crippen LogP contribution in [0.2, 0.25) is 0 Å². The van der Waals surface area contributed by atoms with E-state index >= 15 is 0 Å². The average Bonchev–Trinajstić information content (AvgIpc) is 2.33. The van der Waals surface area contributed by atoms with Gasteiger partial charge >= 0.3 is 0 Å². The van der Waals surface area contributed by atoms with Crippen LogP contribution in [0.25, 0.3) is 0 Å². The van der Waals surface area contributed by atoms with Gasteiger partial charge in [0, 0.05) is 12.0 Å². The van der Waals surface area contributed by atoms with Gasteiger partial charge in [-0.2, -0.15) is 0 Å². The van der Waals surface area contributed by atoms with Crippen molar-refractivity contribution in [2.24, 2.45) is 11.3 Å². The molecule has 1 heterocycles. The highest BCUT2D eigenvalue weighted by atomic mass is 14.9. The number of fused-ring (bicyclic) bond motifs is 1. The van der Waals surface area contributed by atoms with Crippen molar-refractivity contribution in [2.45, 2.75) is 26.7 Å². The Kier molecular flexibility index (Phi) is 1.11. The molecule has 2 aliphatic rings. The maximum absolute atomic E-state index is 3.31. The molecular weight excluding hydrogens is 122 g/mol. The summed E-state index contributed by atoms with van der Waals surface area (Å²) in [4.78, 5) is 0. The van der Waals surface area contributed by atoms with Gasteiger partial charge in [-0.15, -0.1) is 0 Å². The third-order valence-electron chi connectivity index (χ3n) is 2.60. The third-order valence-corrected chi connectivity index (χ3v) is 2.60. The monoisotopic (exact) mass is 137 g/mol. The standard InChI is InChI=1S/C9H15N/c1-7(2)3-9-4-8(9)5-10-6-9/h5,7,10H,3-4,6H2,1-2H3. The molecule has 1 saturated carbocycles. The maximum Gasteiger partial charge on any atom is 0.0239 e. The quantitative estimate of drug-likeness (QED) is 0.613. The van der Waals surface area contributed by atoms with Crippen LogP contribution in [-0.2, 0) is 0 Å². The van der Waals surface area contributed by atoms with Gasteiger partial charge in [-0.25, -0.2) is 0 Å². The summed E-state index contributed by atoms with van der Waals surface area (Å²) >= 11 is 0. The number of nitrogens with one attached hydrogen (secondary N) is 1. The van der Waals surface area contributed by atoms with Crippen LogP contribution in [0.3, 0.4) is 0 Å². The summed E-state index contributed by atoms with van der Waals surface area (Å²) in [6.45, 7) is 5.83. The minimum absolute atomic E-state index is 0.633. The summed E-state index contributed by atoms with van der Waals surface area (Å²) < 4.78 is 0. The Morgan fingerprint density at radius 2 is 2.50 bits per heavy atom. The summed E-state index contributed by atoms with van der Waals surface area (Å²) in [6.07, 6.45) is 4.96. The molecule has 1 heteroatoms. The van der Waals surface area contributed by atoms with Gasteiger partial charge in [0.2, 0.25) is 0 Å². The third kappa shape index (κ3) is 0.764. The summed E-state index contributed by atoms with van der Waals surface area (Å²) in [7, 11) is 0. The molecule has 0 aromatic rings. The maximum atomic E-state index is 3.31. The second-order valence-corrected chi connectivity index (χ2v) is 4.11. The van der Waals surface area contributed by atoms with Crippen molar-refractivity contribution in [1.29, 1.82) is 0 Å². The van der Waals surface area contributed by atoms with Crippen molar-refractivity contribution in [2.75, 3.05) is 6.54 Å². The fourth-order valence-corrected chi connectivity index (χ4v) is 2.13. The first kappa shape index (κ1) is 6.26. The first-order chi connectivity index (χ1) is 4.73. The highest BCUT2D eigenvalue weighted by molar-refractivity contribution is 5.37. The Morgan fingerprint density at radius 3 is 2.90 bits per heavy atom. The van der Waals surface area contributed by atoms with Gasteiger partial charge in [-0.1, -0.05) is 13.8 Å². The van der Waals surface area contributed by atoms with Crippen molar-refractivity contribution in [3.8, 4) is 0 Å². The molecular formula is C9H15N. The van der Waals surface area contributed by atoms with Crippen LogP contribution in [0, 0.1) is 11.3 Å². The van der Waals surface area contributed by atoms with E-state index in [1.165, 1.54) is 19.4 Å². The normalized spacial score (nSPS) is 35.3. The van der Waals surface area contributed by atoms with Crippen LogP contribution in [0.4, 0.5) is 0 Å². The molecule has 1 atom stereocenters. The molecule has 0 aromatic carbocycles. The molecule has 1 unspecified atom stereocenters. The fraction of sp³-hybridized carbons (Fsp3) is 0.778. The minimum atomic E-state index is 0.633. The molecule has 1 nitrogen and oxygen atoms in total. The molecule has 10 heavy (non-hydrogen) atoms. The lowest BCUT2D eigenvalue weighted by Gasteiger charge is -2.13. The number of hydrogen-bond donors (Lipinski definition) is 1. The zero-order valence-corrected chi connectivity index (χ0v) is 6.78. The van der Waals surface area contributed by atoms with Crippen LogP contribution in [-0.4, -0.2) is 6.54 Å². The topological polar surface area (TPSA) is 12.0 Å². The minimum Gasteiger partial charge on any atom is -0.390 e. The van der Waals surface area contributed by atoms with Gasteiger partial charge in [0.1, 0.15) is 0 Å². The Bertz CT molecular complexity index is 181. The fourth-order valence-electron chi connectivity index (χ4n) is 2.13. The lowest BCUT2D eigenvalue weighted by molar-refractivity contribution is 0.411. The van der Waals surface area contributed by atoms with Crippen LogP contribution >= 0.6 is 0 Å². The Labute approximate surface area is 62.5 Å². The molecule has 1 fully saturated rings. The number of rotatable bonds is 2. The van der Waals surface area contributed by atoms with Crippen molar-refractivity contribution in [3.63, 3.8) is 0 Å². The van der Waals surface area contributed by atoms with Gasteiger partial charge in [0.15, 0.2) is 0 Å². The molecule has 56 valence electrons. The molecule has 1 N–H and O–H groups in total. The summed E-state index contributed by atoms with van der Waals surface area (Å²) in [5.41, 5.74) is 2.30. The molecule has 0 aromatic heterocycles. The van der Waals surface area contributed by atoms with Gasteiger partial charge in [0.25, 0.3) is 0 Å². The van der Waals surface area contributed by atoms with E-state index in [0.29, 0.717) is 5.41 Å². The van der Waals surface area contributed by atoms with Crippen LogP contribution < -0.4 is 5.32 Å². The molecule has 0 amide bonds. The second-order valence-electron chi connectivity index (χ2n) is 4.11. The predicted octanol–water partition coefficient (Wildman–Crippen LogP) is 1.91. The first-order valence-electron chi connectivity index (χ1n) is 4.16.